The van der Waals surface area contributed by atoms with Crippen LogP contribution in [0.15, 0.2) is 41.5 Å². The first-order valence-electron chi connectivity index (χ1n) is 9.31. The highest BCUT2D eigenvalue weighted by Gasteiger charge is 2.11. The molecule has 2 N–H and O–H groups in total. The lowest BCUT2D eigenvalue weighted by molar-refractivity contribution is 0.297. The third-order valence-electron chi connectivity index (χ3n) is 3.89. The van der Waals surface area contributed by atoms with E-state index in [0.717, 1.165) is 35.7 Å². The molecule has 0 bridgehead atoms. The SMILES string of the molecule is CCNC(=NCc1cccnc1OCC)Nc1ccc2c(c1)OCCCO2. The molecule has 0 unspecified atom stereocenters. The minimum atomic E-state index is 0.461. The van der Waals surface area contributed by atoms with Gasteiger partial charge in [-0.05, 0) is 32.0 Å². The van der Waals surface area contributed by atoms with Gasteiger partial charge in [0.2, 0.25) is 5.88 Å². The topological polar surface area (TPSA) is 77.0 Å². The fourth-order valence-electron chi connectivity index (χ4n) is 2.66. The van der Waals surface area contributed by atoms with Gasteiger partial charge in [-0.3, -0.25) is 0 Å². The van der Waals surface area contributed by atoms with E-state index in [1.54, 1.807) is 6.20 Å². The van der Waals surface area contributed by atoms with E-state index in [1.165, 1.54) is 0 Å². The van der Waals surface area contributed by atoms with Crippen LogP contribution in [0.4, 0.5) is 5.69 Å². The normalized spacial score (nSPS) is 13.6. The number of guanidine groups is 1. The molecule has 0 spiro atoms. The van der Waals surface area contributed by atoms with Crippen LogP contribution >= 0.6 is 0 Å². The van der Waals surface area contributed by atoms with Crippen LogP contribution in [-0.4, -0.2) is 37.3 Å². The number of aliphatic imine (C=N–C) groups is 1. The molecule has 2 heterocycles. The van der Waals surface area contributed by atoms with E-state index in [9.17, 15) is 0 Å². The molecule has 0 amide bonds. The fourth-order valence-corrected chi connectivity index (χ4v) is 2.66. The Bertz CT molecular complexity index is 780. The van der Waals surface area contributed by atoms with Gasteiger partial charge in [-0.25, -0.2) is 9.98 Å². The van der Waals surface area contributed by atoms with Crippen LogP contribution in [0.5, 0.6) is 17.4 Å². The van der Waals surface area contributed by atoms with Gasteiger partial charge in [0.05, 0.1) is 26.4 Å². The molecule has 1 aromatic carbocycles. The minimum Gasteiger partial charge on any atom is -0.490 e. The summed E-state index contributed by atoms with van der Waals surface area (Å²) in [5, 5.41) is 6.57. The number of ether oxygens (including phenoxy) is 3. The Morgan fingerprint density at radius 1 is 1.19 bits per heavy atom. The number of aromatic nitrogens is 1. The van der Waals surface area contributed by atoms with Gasteiger partial charge in [-0.15, -0.1) is 0 Å². The second kappa shape index (κ2) is 9.66. The molecule has 0 aliphatic carbocycles. The summed E-state index contributed by atoms with van der Waals surface area (Å²) >= 11 is 0. The molecule has 0 radical (unpaired) electrons. The third kappa shape index (κ3) is 5.26. The standard InChI is InChI=1S/C20H26N4O3/c1-3-21-20(23-14-15-7-5-10-22-19(15)25-4-2)24-16-8-9-17-18(13-16)27-12-6-11-26-17/h5,7-10,13H,3-4,6,11-12,14H2,1-2H3,(H2,21,23,24). The molecule has 0 saturated carbocycles. The van der Waals surface area contributed by atoms with Gasteiger partial charge in [0.25, 0.3) is 0 Å². The molecule has 0 atom stereocenters. The average Bonchev–Trinajstić information content (AvgIpc) is 2.92. The molecule has 7 heteroatoms. The zero-order valence-electron chi connectivity index (χ0n) is 15.8. The summed E-state index contributed by atoms with van der Waals surface area (Å²) < 4.78 is 17.0. The molecule has 1 aliphatic rings. The van der Waals surface area contributed by atoms with Crippen molar-refractivity contribution >= 4 is 11.6 Å². The van der Waals surface area contributed by atoms with Crippen molar-refractivity contribution in [2.24, 2.45) is 4.99 Å². The van der Waals surface area contributed by atoms with Gasteiger partial charge in [0.1, 0.15) is 0 Å². The zero-order chi connectivity index (χ0) is 18.9. The Balaban J connectivity index is 1.74. The van der Waals surface area contributed by atoms with Gasteiger partial charge in [0.15, 0.2) is 17.5 Å². The van der Waals surface area contributed by atoms with Gasteiger partial charge >= 0.3 is 0 Å². The first-order chi connectivity index (χ1) is 13.3. The maximum absolute atomic E-state index is 5.75. The summed E-state index contributed by atoms with van der Waals surface area (Å²) in [6, 6.07) is 9.66. The molecule has 3 rings (SSSR count). The molecular formula is C20H26N4O3. The highest BCUT2D eigenvalue weighted by molar-refractivity contribution is 5.93. The summed E-state index contributed by atoms with van der Waals surface area (Å²) in [7, 11) is 0. The van der Waals surface area contributed by atoms with Gasteiger partial charge in [0, 0.05) is 36.5 Å². The quantitative estimate of drug-likeness (QED) is 0.601. The molecule has 2 aromatic rings. The van der Waals surface area contributed by atoms with E-state index in [2.05, 4.69) is 20.6 Å². The van der Waals surface area contributed by atoms with E-state index >= 15 is 0 Å². The third-order valence-corrected chi connectivity index (χ3v) is 3.89. The van der Waals surface area contributed by atoms with Crippen molar-refractivity contribution in [3.63, 3.8) is 0 Å². The highest BCUT2D eigenvalue weighted by Crippen LogP contribution is 2.32. The average molecular weight is 370 g/mol. The molecule has 1 aromatic heterocycles. The molecule has 0 fully saturated rings. The maximum Gasteiger partial charge on any atom is 0.218 e. The monoisotopic (exact) mass is 370 g/mol. The largest absolute Gasteiger partial charge is 0.490 e. The van der Waals surface area contributed by atoms with Crippen LogP contribution in [0.2, 0.25) is 0 Å². The van der Waals surface area contributed by atoms with Gasteiger partial charge < -0.3 is 24.8 Å². The van der Waals surface area contributed by atoms with E-state index in [-0.39, 0.29) is 0 Å². The number of rotatable bonds is 6. The smallest absolute Gasteiger partial charge is 0.218 e. The predicted molar refractivity (Wildman–Crippen MR) is 106 cm³/mol. The van der Waals surface area contributed by atoms with E-state index in [0.29, 0.717) is 38.2 Å². The molecule has 27 heavy (non-hydrogen) atoms. The minimum absolute atomic E-state index is 0.461. The number of anilines is 1. The Morgan fingerprint density at radius 3 is 2.85 bits per heavy atom. The highest BCUT2D eigenvalue weighted by atomic mass is 16.5. The number of fused-ring (bicyclic) bond motifs is 1. The van der Waals surface area contributed by atoms with Crippen molar-refractivity contribution in [3.05, 3.63) is 42.1 Å². The van der Waals surface area contributed by atoms with Crippen molar-refractivity contribution in [2.45, 2.75) is 26.8 Å². The molecule has 7 nitrogen and oxygen atoms in total. The summed E-state index contributed by atoms with van der Waals surface area (Å²) in [5.74, 6) is 2.82. The number of hydrogen-bond acceptors (Lipinski definition) is 5. The number of nitrogens with zero attached hydrogens (tertiary/aromatic N) is 2. The fraction of sp³-hybridized carbons (Fsp3) is 0.400. The van der Waals surface area contributed by atoms with Crippen molar-refractivity contribution < 1.29 is 14.2 Å². The van der Waals surface area contributed by atoms with Gasteiger partial charge in [-0.2, -0.15) is 0 Å². The van der Waals surface area contributed by atoms with Gasteiger partial charge in [-0.1, -0.05) is 6.07 Å². The van der Waals surface area contributed by atoms with Crippen molar-refractivity contribution in [1.82, 2.24) is 10.3 Å². The van der Waals surface area contributed by atoms with Crippen LogP contribution in [0.25, 0.3) is 0 Å². The van der Waals surface area contributed by atoms with Crippen LogP contribution in [-0.2, 0) is 6.54 Å². The molecule has 0 saturated heterocycles. The summed E-state index contributed by atoms with van der Waals surface area (Å²) in [6.45, 7) is 7.09. The lowest BCUT2D eigenvalue weighted by Crippen LogP contribution is -2.30. The van der Waals surface area contributed by atoms with Crippen LogP contribution in [0, 0.1) is 0 Å². The lowest BCUT2D eigenvalue weighted by Gasteiger charge is -2.14. The molecule has 144 valence electrons. The van der Waals surface area contributed by atoms with E-state index in [4.69, 9.17) is 14.2 Å². The van der Waals surface area contributed by atoms with E-state index < -0.39 is 0 Å². The van der Waals surface area contributed by atoms with E-state index in [1.807, 2.05) is 44.2 Å². The van der Waals surface area contributed by atoms with Crippen LogP contribution in [0.3, 0.4) is 0 Å². The summed E-state index contributed by atoms with van der Waals surface area (Å²) in [5.41, 5.74) is 1.82. The van der Waals surface area contributed by atoms with Crippen molar-refractivity contribution in [2.75, 3.05) is 31.7 Å². The van der Waals surface area contributed by atoms with Crippen LogP contribution < -0.4 is 24.8 Å². The predicted octanol–water partition coefficient (Wildman–Crippen LogP) is 3.22. The van der Waals surface area contributed by atoms with Crippen LogP contribution in [0.1, 0.15) is 25.8 Å². The summed E-state index contributed by atoms with van der Waals surface area (Å²) in [6.07, 6.45) is 2.61. The Labute approximate surface area is 159 Å². The zero-order valence-corrected chi connectivity index (χ0v) is 15.8. The maximum atomic E-state index is 5.75. The van der Waals surface area contributed by atoms with Crippen molar-refractivity contribution in [3.8, 4) is 17.4 Å². The Kier molecular flexibility index (Phi) is 6.73. The Hall–Kier alpha value is -2.96. The molecule has 1 aliphatic heterocycles. The molecular weight excluding hydrogens is 344 g/mol. The number of benzene rings is 1. The van der Waals surface area contributed by atoms with Crippen molar-refractivity contribution in [1.29, 1.82) is 0 Å². The second-order valence-electron chi connectivity index (χ2n) is 5.93. The summed E-state index contributed by atoms with van der Waals surface area (Å²) in [4.78, 5) is 8.93. The Morgan fingerprint density at radius 2 is 2.04 bits per heavy atom. The number of nitrogens with one attached hydrogen (secondary N) is 2. The number of hydrogen-bond donors (Lipinski definition) is 2. The lowest BCUT2D eigenvalue weighted by atomic mass is 10.2. The first kappa shape index (κ1) is 18.8. The second-order valence-corrected chi connectivity index (χ2v) is 5.93. The first-order valence-corrected chi connectivity index (χ1v) is 9.31. The number of pyridine rings is 1.